The number of halogens is 1. The molecule has 0 radical (unpaired) electrons. The van der Waals surface area contributed by atoms with E-state index in [9.17, 15) is 8.42 Å². The molecule has 0 spiro atoms. The lowest BCUT2D eigenvalue weighted by atomic mass is 10.2. The van der Waals surface area contributed by atoms with Gasteiger partial charge in [0.1, 0.15) is 4.90 Å². The van der Waals surface area contributed by atoms with Crippen molar-refractivity contribution >= 4 is 27.3 Å². The number of sulfonamides is 1. The topological polar surface area (TPSA) is 96.2 Å². The first-order chi connectivity index (χ1) is 8.38. The number of benzene rings is 1. The zero-order valence-corrected chi connectivity index (χ0v) is 11.3. The summed E-state index contributed by atoms with van der Waals surface area (Å²) in [4.78, 5) is 0.0275. The van der Waals surface area contributed by atoms with Crippen LogP contribution in [0, 0.1) is 0 Å². The SMILES string of the molecule is CC1CC(NS(=O)(=O)c2ccc(N)cc2Cl)NN1. The number of hydrogen-bond donors (Lipinski definition) is 4. The van der Waals surface area contributed by atoms with E-state index in [0.29, 0.717) is 12.1 Å². The average molecular weight is 291 g/mol. The van der Waals surface area contributed by atoms with Crippen LogP contribution < -0.4 is 21.3 Å². The minimum absolute atomic E-state index is 0.0275. The Kier molecular flexibility index (Phi) is 3.79. The summed E-state index contributed by atoms with van der Waals surface area (Å²) >= 11 is 5.89. The highest BCUT2D eigenvalue weighted by Gasteiger charge is 2.27. The van der Waals surface area contributed by atoms with E-state index in [1.54, 1.807) is 0 Å². The molecule has 1 aliphatic rings. The monoisotopic (exact) mass is 290 g/mol. The molecular weight excluding hydrogens is 276 g/mol. The minimum atomic E-state index is -3.65. The second-order valence-electron chi connectivity index (χ2n) is 4.29. The number of hydrogen-bond acceptors (Lipinski definition) is 5. The van der Waals surface area contributed by atoms with Gasteiger partial charge in [-0.1, -0.05) is 11.6 Å². The Morgan fingerprint density at radius 3 is 2.72 bits per heavy atom. The zero-order chi connectivity index (χ0) is 13.3. The van der Waals surface area contributed by atoms with Crippen LogP contribution in [0.1, 0.15) is 13.3 Å². The van der Waals surface area contributed by atoms with Gasteiger partial charge < -0.3 is 5.73 Å². The van der Waals surface area contributed by atoms with Crippen molar-refractivity contribution in [2.24, 2.45) is 0 Å². The van der Waals surface area contributed by atoms with E-state index in [-0.39, 0.29) is 22.1 Å². The molecule has 6 nitrogen and oxygen atoms in total. The molecular formula is C10H15ClN4O2S. The summed E-state index contributed by atoms with van der Waals surface area (Å²) in [5, 5.41) is 0.113. The molecule has 1 saturated heterocycles. The predicted molar refractivity (Wildman–Crippen MR) is 70.3 cm³/mol. The predicted octanol–water partition coefficient (Wildman–Crippen LogP) is 0.413. The molecule has 8 heteroatoms. The van der Waals surface area contributed by atoms with Gasteiger partial charge in [-0.05, 0) is 31.5 Å². The van der Waals surface area contributed by atoms with Gasteiger partial charge in [0.2, 0.25) is 10.0 Å². The summed E-state index contributed by atoms with van der Waals surface area (Å²) in [6.07, 6.45) is 0.310. The van der Waals surface area contributed by atoms with E-state index >= 15 is 0 Å². The molecule has 0 aliphatic carbocycles. The standard InChI is InChI=1S/C10H15ClN4O2S/c1-6-4-10(14-13-6)15-18(16,17)9-3-2-7(12)5-8(9)11/h2-3,5-6,10,13-15H,4,12H2,1H3. The van der Waals surface area contributed by atoms with Gasteiger partial charge in [0.15, 0.2) is 0 Å². The van der Waals surface area contributed by atoms with Gasteiger partial charge in [-0.2, -0.15) is 4.72 Å². The van der Waals surface area contributed by atoms with Crippen LogP contribution in [0.2, 0.25) is 5.02 Å². The second-order valence-corrected chi connectivity index (χ2v) is 6.38. The quantitative estimate of drug-likeness (QED) is 0.605. The second kappa shape index (κ2) is 5.02. The molecule has 0 aromatic heterocycles. The number of rotatable bonds is 3. The third-order valence-electron chi connectivity index (χ3n) is 2.64. The maximum Gasteiger partial charge on any atom is 0.243 e. The van der Waals surface area contributed by atoms with Crippen LogP contribution in [-0.4, -0.2) is 20.6 Å². The Labute approximate surface area is 111 Å². The average Bonchev–Trinajstić information content (AvgIpc) is 2.62. The minimum Gasteiger partial charge on any atom is -0.399 e. The lowest BCUT2D eigenvalue weighted by Crippen LogP contribution is -2.44. The highest BCUT2D eigenvalue weighted by molar-refractivity contribution is 7.89. The van der Waals surface area contributed by atoms with E-state index in [1.165, 1.54) is 18.2 Å². The highest BCUT2D eigenvalue weighted by atomic mass is 35.5. The molecule has 1 aromatic carbocycles. The largest absolute Gasteiger partial charge is 0.399 e. The zero-order valence-electron chi connectivity index (χ0n) is 9.77. The van der Waals surface area contributed by atoms with Crippen molar-refractivity contribution in [3.05, 3.63) is 23.2 Å². The van der Waals surface area contributed by atoms with Gasteiger partial charge in [-0.25, -0.2) is 13.8 Å². The molecule has 1 heterocycles. The summed E-state index contributed by atoms with van der Waals surface area (Å²) in [6.45, 7) is 1.96. The van der Waals surface area contributed by atoms with Crippen LogP contribution >= 0.6 is 11.6 Å². The van der Waals surface area contributed by atoms with Gasteiger partial charge in [-0.3, -0.25) is 5.43 Å². The normalized spacial score (nSPS) is 24.3. The van der Waals surface area contributed by atoms with E-state index < -0.39 is 10.0 Å². The van der Waals surface area contributed by atoms with Crippen molar-refractivity contribution < 1.29 is 8.42 Å². The number of nitrogen functional groups attached to an aromatic ring is 1. The Morgan fingerprint density at radius 2 is 2.17 bits per heavy atom. The number of anilines is 1. The van der Waals surface area contributed by atoms with Crippen molar-refractivity contribution in [2.45, 2.75) is 30.4 Å². The number of hydrazine groups is 1. The molecule has 100 valence electrons. The molecule has 0 bridgehead atoms. The van der Waals surface area contributed by atoms with Crippen LogP contribution in [0.15, 0.2) is 23.1 Å². The third-order valence-corrected chi connectivity index (χ3v) is 4.59. The number of nitrogens with two attached hydrogens (primary N) is 1. The van der Waals surface area contributed by atoms with Crippen LogP contribution in [0.25, 0.3) is 0 Å². The number of nitrogens with one attached hydrogen (secondary N) is 3. The lowest BCUT2D eigenvalue weighted by molar-refractivity contribution is 0.506. The molecule has 0 amide bonds. The Hall–Kier alpha value is -0.860. The molecule has 5 N–H and O–H groups in total. The van der Waals surface area contributed by atoms with Crippen LogP contribution in [0.5, 0.6) is 0 Å². The molecule has 2 atom stereocenters. The van der Waals surface area contributed by atoms with E-state index in [1.807, 2.05) is 6.92 Å². The van der Waals surface area contributed by atoms with Gasteiger partial charge >= 0.3 is 0 Å². The summed E-state index contributed by atoms with van der Waals surface area (Å²) < 4.78 is 26.8. The first-order valence-electron chi connectivity index (χ1n) is 5.47. The van der Waals surface area contributed by atoms with Crippen LogP contribution in [0.3, 0.4) is 0 Å². The molecule has 2 unspecified atom stereocenters. The Bertz CT molecular complexity index is 549. The van der Waals surface area contributed by atoms with Gasteiger partial charge in [0.05, 0.1) is 11.2 Å². The van der Waals surface area contributed by atoms with Gasteiger partial charge in [-0.15, -0.1) is 0 Å². The Morgan fingerprint density at radius 1 is 1.44 bits per heavy atom. The van der Waals surface area contributed by atoms with Crippen molar-refractivity contribution in [3.8, 4) is 0 Å². The lowest BCUT2D eigenvalue weighted by Gasteiger charge is -2.13. The van der Waals surface area contributed by atoms with E-state index in [0.717, 1.165) is 0 Å². The fraction of sp³-hybridized carbons (Fsp3) is 0.400. The highest BCUT2D eigenvalue weighted by Crippen LogP contribution is 2.24. The smallest absolute Gasteiger partial charge is 0.243 e. The summed E-state index contributed by atoms with van der Waals surface area (Å²) in [6, 6.07) is 4.52. The fourth-order valence-electron chi connectivity index (χ4n) is 1.78. The van der Waals surface area contributed by atoms with Crippen molar-refractivity contribution in [3.63, 3.8) is 0 Å². The molecule has 1 aromatic rings. The Balaban J connectivity index is 2.20. The molecule has 18 heavy (non-hydrogen) atoms. The molecule has 0 saturated carbocycles. The van der Waals surface area contributed by atoms with Crippen molar-refractivity contribution in [2.75, 3.05) is 5.73 Å². The van der Waals surface area contributed by atoms with Crippen LogP contribution in [0.4, 0.5) is 5.69 Å². The first kappa shape index (κ1) is 13.6. The molecule has 1 aliphatic heterocycles. The van der Waals surface area contributed by atoms with Gasteiger partial charge in [0.25, 0.3) is 0 Å². The summed E-state index contributed by atoms with van der Waals surface area (Å²) in [5.41, 5.74) is 11.7. The van der Waals surface area contributed by atoms with E-state index in [2.05, 4.69) is 15.6 Å². The van der Waals surface area contributed by atoms with Crippen molar-refractivity contribution in [1.82, 2.24) is 15.6 Å². The summed E-state index contributed by atoms with van der Waals surface area (Å²) in [7, 11) is -3.65. The molecule has 2 rings (SSSR count). The summed E-state index contributed by atoms with van der Waals surface area (Å²) in [5.74, 6) is 0. The van der Waals surface area contributed by atoms with Crippen LogP contribution in [-0.2, 0) is 10.0 Å². The first-order valence-corrected chi connectivity index (χ1v) is 7.33. The van der Waals surface area contributed by atoms with Crippen molar-refractivity contribution in [1.29, 1.82) is 0 Å². The maximum absolute atomic E-state index is 12.1. The van der Waals surface area contributed by atoms with E-state index in [4.69, 9.17) is 17.3 Å². The molecule has 1 fully saturated rings. The van der Waals surface area contributed by atoms with Gasteiger partial charge in [0, 0.05) is 11.7 Å². The third kappa shape index (κ3) is 2.93. The fourth-order valence-corrected chi connectivity index (χ4v) is 3.49. The maximum atomic E-state index is 12.1.